The number of hydrogen-bond acceptors (Lipinski definition) is 3. The van der Waals surface area contributed by atoms with E-state index in [-0.39, 0.29) is 12.0 Å². The highest BCUT2D eigenvalue weighted by molar-refractivity contribution is 5.70. The van der Waals surface area contributed by atoms with Gasteiger partial charge in [0.1, 0.15) is 11.9 Å². The Bertz CT molecular complexity index is 441. The third-order valence-corrected chi connectivity index (χ3v) is 4.11. The lowest BCUT2D eigenvalue weighted by Crippen LogP contribution is -2.41. The SMILES string of the molecule is O=C(O)C1CCN(CC2Cc3ccccc3O2)CC1. The molecule has 1 saturated heterocycles. The maximum absolute atomic E-state index is 10.9. The molecule has 1 aromatic rings. The number of carboxylic acids is 1. The van der Waals surface area contributed by atoms with Crippen molar-refractivity contribution in [3.05, 3.63) is 29.8 Å². The molecule has 4 nitrogen and oxygen atoms in total. The first-order chi connectivity index (χ1) is 9.22. The van der Waals surface area contributed by atoms with Gasteiger partial charge in [0.15, 0.2) is 0 Å². The van der Waals surface area contributed by atoms with E-state index in [2.05, 4.69) is 11.0 Å². The second kappa shape index (κ2) is 5.21. The Kier molecular flexibility index (Phi) is 3.42. The number of ether oxygens (including phenoxy) is 1. The zero-order valence-corrected chi connectivity index (χ0v) is 10.9. The number of carbonyl (C=O) groups is 1. The van der Waals surface area contributed by atoms with Crippen LogP contribution in [-0.4, -0.2) is 41.7 Å². The molecule has 1 atom stereocenters. The molecule has 0 amide bonds. The number of carboxylic acid groups (broad SMARTS) is 1. The third kappa shape index (κ3) is 2.73. The van der Waals surface area contributed by atoms with Gasteiger partial charge in [-0.25, -0.2) is 0 Å². The van der Waals surface area contributed by atoms with Crippen molar-refractivity contribution in [3.8, 4) is 5.75 Å². The number of nitrogens with zero attached hydrogens (tertiary/aromatic N) is 1. The van der Waals surface area contributed by atoms with Crippen molar-refractivity contribution in [1.82, 2.24) is 4.90 Å². The highest BCUT2D eigenvalue weighted by Gasteiger charge is 2.28. The van der Waals surface area contributed by atoms with Crippen LogP contribution in [-0.2, 0) is 11.2 Å². The fourth-order valence-corrected chi connectivity index (χ4v) is 3.01. The van der Waals surface area contributed by atoms with Crippen molar-refractivity contribution in [2.75, 3.05) is 19.6 Å². The first-order valence-corrected chi connectivity index (χ1v) is 6.92. The molecule has 2 heterocycles. The van der Waals surface area contributed by atoms with Crippen LogP contribution >= 0.6 is 0 Å². The molecule has 0 spiro atoms. The maximum Gasteiger partial charge on any atom is 0.306 e. The first kappa shape index (κ1) is 12.5. The number of aliphatic carboxylic acids is 1. The molecule has 1 aromatic carbocycles. The summed E-state index contributed by atoms with van der Waals surface area (Å²) in [5.74, 6) is 0.204. The number of rotatable bonds is 3. The summed E-state index contributed by atoms with van der Waals surface area (Å²) in [5.41, 5.74) is 1.29. The Morgan fingerprint density at radius 1 is 1.32 bits per heavy atom. The number of likely N-dealkylation sites (tertiary alicyclic amines) is 1. The summed E-state index contributed by atoms with van der Waals surface area (Å²) >= 11 is 0. The molecule has 1 fully saturated rings. The van der Waals surface area contributed by atoms with E-state index in [4.69, 9.17) is 9.84 Å². The lowest BCUT2D eigenvalue weighted by Gasteiger charge is -2.31. The largest absolute Gasteiger partial charge is 0.488 e. The van der Waals surface area contributed by atoms with E-state index in [1.165, 1.54) is 5.56 Å². The normalized spacial score (nSPS) is 23.9. The second-order valence-electron chi connectivity index (χ2n) is 5.46. The van der Waals surface area contributed by atoms with Crippen LogP contribution in [0.3, 0.4) is 0 Å². The van der Waals surface area contributed by atoms with Gasteiger partial charge in [0.25, 0.3) is 0 Å². The van der Waals surface area contributed by atoms with Gasteiger partial charge >= 0.3 is 5.97 Å². The van der Waals surface area contributed by atoms with Crippen molar-refractivity contribution in [1.29, 1.82) is 0 Å². The van der Waals surface area contributed by atoms with Gasteiger partial charge < -0.3 is 9.84 Å². The fourth-order valence-electron chi connectivity index (χ4n) is 3.01. The van der Waals surface area contributed by atoms with E-state index >= 15 is 0 Å². The average Bonchev–Trinajstić information content (AvgIpc) is 2.81. The molecule has 4 heteroatoms. The van der Waals surface area contributed by atoms with Crippen molar-refractivity contribution in [2.24, 2.45) is 5.92 Å². The molecule has 0 aromatic heterocycles. The molecule has 0 aliphatic carbocycles. The van der Waals surface area contributed by atoms with Gasteiger partial charge in [-0.3, -0.25) is 9.69 Å². The van der Waals surface area contributed by atoms with Crippen LogP contribution < -0.4 is 4.74 Å². The van der Waals surface area contributed by atoms with E-state index < -0.39 is 5.97 Å². The van der Waals surface area contributed by atoms with Crippen molar-refractivity contribution >= 4 is 5.97 Å². The number of fused-ring (bicyclic) bond motifs is 1. The monoisotopic (exact) mass is 261 g/mol. The van der Waals surface area contributed by atoms with Gasteiger partial charge in [0, 0.05) is 13.0 Å². The Morgan fingerprint density at radius 2 is 2.05 bits per heavy atom. The van der Waals surface area contributed by atoms with E-state index in [9.17, 15) is 4.79 Å². The van der Waals surface area contributed by atoms with Gasteiger partial charge in [-0.2, -0.15) is 0 Å². The highest BCUT2D eigenvalue weighted by Crippen LogP contribution is 2.29. The molecule has 2 aliphatic heterocycles. The zero-order chi connectivity index (χ0) is 13.2. The predicted molar refractivity (Wildman–Crippen MR) is 71.4 cm³/mol. The molecular weight excluding hydrogens is 242 g/mol. The van der Waals surface area contributed by atoms with Crippen LogP contribution in [0.15, 0.2) is 24.3 Å². The summed E-state index contributed by atoms with van der Waals surface area (Å²) in [6.45, 7) is 2.64. The van der Waals surface area contributed by atoms with E-state index in [0.717, 1.165) is 44.6 Å². The standard InChI is InChI=1S/C15H19NO3/c17-15(18)11-5-7-16(8-6-11)10-13-9-12-3-1-2-4-14(12)19-13/h1-4,11,13H,5-10H2,(H,17,18). The highest BCUT2D eigenvalue weighted by atomic mass is 16.5. The number of benzene rings is 1. The topological polar surface area (TPSA) is 49.8 Å². The minimum absolute atomic E-state index is 0.155. The van der Waals surface area contributed by atoms with Crippen LogP contribution in [0.2, 0.25) is 0 Å². The van der Waals surface area contributed by atoms with Gasteiger partial charge in [-0.05, 0) is 37.6 Å². The lowest BCUT2D eigenvalue weighted by molar-refractivity contribution is -0.143. The van der Waals surface area contributed by atoms with Gasteiger partial charge in [-0.1, -0.05) is 18.2 Å². The molecule has 0 radical (unpaired) electrons. The molecule has 0 bridgehead atoms. The smallest absolute Gasteiger partial charge is 0.306 e. The Hall–Kier alpha value is -1.55. The fraction of sp³-hybridized carbons (Fsp3) is 0.533. The second-order valence-corrected chi connectivity index (χ2v) is 5.46. The van der Waals surface area contributed by atoms with Crippen LogP contribution in [0.5, 0.6) is 5.75 Å². The number of para-hydroxylation sites is 1. The molecule has 0 saturated carbocycles. The summed E-state index contributed by atoms with van der Waals surface area (Å²) < 4.78 is 5.93. The molecule has 2 aliphatic rings. The molecular formula is C15H19NO3. The molecule has 19 heavy (non-hydrogen) atoms. The average molecular weight is 261 g/mol. The van der Waals surface area contributed by atoms with E-state index in [1.54, 1.807) is 0 Å². The quantitative estimate of drug-likeness (QED) is 0.901. The minimum Gasteiger partial charge on any atom is -0.488 e. The summed E-state index contributed by atoms with van der Waals surface area (Å²) in [7, 11) is 0. The van der Waals surface area contributed by atoms with Crippen LogP contribution in [0.1, 0.15) is 18.4 Å². The first-order valence-electron chi connectivity index (χ1n) is 6.92. The van der Waals surface area contributed by atoms with Crippen LogP contribution in [0, 0.1) is 5.92 Å². The van der Waals surface area contributed by atoms with Gasteiger partial charge in [0.2, 0.25) is 0 Å². The Balaban J connectivity index is 1.51. The van der Waals surface area contributed by atoms with Crippen LogP contribution in [0.25, 0.3) is 0 Å². The molecule has 3 rings (SSSR count). The summed E-state index contributed by atoms with van der Waals surface area (Å²) in [5, 5.41) is 8.98. The van der Waals surface area contributed by atoms with Crippen LogP contribution in [0.4, 0.5) is 0 Å². The Morgan fingerprint density at radius 3 is 2.74 bits per heavy atom. The lowest BCUT2D eigenvalue weighted by atomic mass is 9.97. The third-order valence-electron chi connectivity index (χ3n) is 4.11. The predicted octanol–water partition coefficient (Wildman–Crippen LogP) is 1.79. The molecule has 1 N–H and O–H groups in total. The van der Waals surface area contributed by atoms with Crippen molar-refractivity contribution in [3.63, 3.8) is 0 Å². The maximum atomic E-state index is 10.9. The van der Waals surface area contributed by atoms with Gasteiger partial charge in [-0.15, -0.1) is 0 Å². The zero-order valence-electron chi connectivity index (χ0n) is 10.9. The number of hydrogen-bond donors (Lipinski definition) is 1. The van der Waals surface area contributed by atoms with E-state index in [0.29, 0.717) is 0 Å². The number of piperidine rings is 1. The van der Waals surface area contributed by atoms with E-state index in [1.807, 2.05) is 18.2 Å². The summed E-state index contributed by atoms with van der Waals surface area (Å²) in [4.78, 5) is 13.2. The van der Waals surface area contributed by atoms with Gasteiger partial charge in [0.05, 0.1) is 5.92 Å². The molecule has 1 unspecified atom stereocenters. The summed E-state index contributed by atoms with van der Waals surface area (Å²) in [6, 6.07) is 8.18. The van der Waals surface area contributed by atoms with Crippen molar-refractivity contribution < 1.29 is 14.6 Å². The Labute approximate surface area is 113 Å². The van der Waals surface area contributed by atoms with Crippen molar-refractivity contribution in [2.45, 2.75) is 25.4 Å². The molecule has 102 valence electrons. The summed E-state index contributed by atoms with van der Waals surface area (Å²) in [6.07, 6.45) is 2.71. The minimum atomic E-state index is -0.649.